The molecule has 1 aromatic carbocycles. The average molecular weight is 297 g/mol. The van der Waals surface area contributed by atoms with Gasteiger partial charge in [-0.2, -0.15) is 0 Å². The quantitative estimate of drug-likeness (QED) is 0.855. The number of hydrogen-bond acceptors (Lipinski definition) is 3. The van der Waals surface area contributed by atoms with Gasteiger partial charge in [0, 0.05) is 6.20 Å². The number of pyridine rings is 1. The Morgan fingerprint density at radius 1 is 1.09 bits per heavy atom. The smallest absolute Gasteiger partial charge is 0.313 e. The average Bonchev–Trinajstić information content (AvgIpc) is 2.50. The van der Waals surface area contributed by atoms with Crippen molar-refractivity contribution in [3.05, 3.63) is 59.4 Å². The van der Waals surface area contributed by atoms with E-state index in [4.69, 9.17) is 0 Å². The van der Waals surface area contributed by atoms with Crippen LogP contribution in [-0.2, 0) is 9.59 Å². The van der Waals surface area contributed by atoms with Crippen molar-refractivity contribution in [3.63, 3.8) is 0 Å². The highest BCUT2D eigenvalue weighted by atomic mass is 16.2. The van der Waals surface area contributed by atoms with E-state index in [9.17, 15) is 9.59 Å². The maximum absolute atomic E-state index is 12.0. The third kappa shape index (κ3) is 3.69. The molecule has 22 heavy (non-hydrogen) atoms. The van der Waals surface area contributed by atoms with Crippen LogP contribution in [0.1, 0.15) is 29.7 Å². The zero-order chi connectivity index (χ0) is 16.1. The van der Waals surface area contributed by atoms with Crippen molar-refractivity contribution in [1.29, 1.82) is 0 Å². The Morgan fingerprint density at radius 3 is 2.55 bits per heavy atom. The van der Waals surface area contributed by atoms with Crippen LogP contribution in [0.5, 0.6) is 0 Å². The number of benzene rings is 1. The topological polar surface area (TPSA) is 71.1 Å². The lowest BCUT2D eigenvalue weighted by Crippen LogP contribution is -2.37. The van der Waals surface area contributed by atoms with Gasteiger partial charge in [0.05, 0.1) is 17.9 Å². The molecule has 1 unspecified atom stereocenters. The molecular formula is C17H19N3O2. The summed E-state index contributed by atoms with van der Waals surface area (Å²) in [6, 6.07) is 9.02. The van der Waals surface area contributed by atoms with Crippen LogP contribution < -0.4 is 10.6 Å². The first kappa shape index (κ1) is 15.7. The van der Waals surface area contributed by atoms with Gasteiger partial charge in [-0.1, -0.05) is 18.2 Å². The molecule has 2 rings (SSSR count). The summed E-state index contributed by atoms with van der Waals surface area (Å²) in [7, 11) is 0. The molecule has 0 radical (unpaired) electrons. The highest BCUT2D eigenvalue weighted by Crippen LogP contribution is 2.19. The number of aromatic nitrogens is 1. The first-order chi connectivity index (χ1) is 10.5. The fourth-order valence-electron chi connectivity index (χ4n) is 2.21. The zero-order valence-corrected chi connectivity index (χ0v) is 12.9. The van der Waals surface area contributed by atoms with Crippen molar-refractivity contribution < 1.29 is 9.59 Å². The van der Waals surface area contributed by atoms with Crippen LogP contribution in [0.15, 0.2) is 42.7 Å². The van der Waals surface area contributed by atoms with Gasteiger partial charge < -0.3 is 10.6 Å². The van der Waals surface area contributed by atoms with Crippen LogP contribution in [0.4, 0.5) is 5.69 Å². The van der Waals surface area contributed by atoms with E-state index in [1.54, 1.807) is 18.3 Å². The van der Waals surface area contributed by atoms with Gasteiger partial charge in [-0.3, -0.25) is 14.6 Å². The first-order valence-corrected chi connectivity index (χ1v) is 7.07. The lowest BCUT2D eigenvalue weighted by molar-refractivity contribution is -0.136. The number of nitrogens with one attached hydrogen (secondary N) is 2. The maximum Gasteiger partial charge on any atom is 0.313 e. The van der Waals surface area contributed by atoms with Gasteiger partial charge in [0.2, 0.25) is 0 Å². The normalized spacial score (nSPS) is 11.6. The second-order valence-electron chi connectivity index (χ2n) is 5.18. The molecule has 1 aromatic heterocycles. The van der Waals surface area contributed by atoms with Gasteiger partial charge in [0.15, 0.2) is 0 Å². The third-order valence-electron chi connectivity index (χ3n) is 3.59. The fourth-order valence-corrected chi connectivity index (χ4v) is 2.21. The minimum absolute atomic E-state index is 0.243. The van der Waals surface area contributed by atoms with Crippen LogP contribution in [-0.4, -0.2) is 16.8 Å². The van der Waals surface area contributed by atoms with Crippen molar-refractivity contribution in [3.8, 4) is 0 Å². The highest BCUT2D eigenvalue weighted by Gasteiger charge is 2.18. The molecule has 5 heteroatoms. The molecule has 0 spiro atoms. The van der Waals surface area contributed by atoms with Crippen molar-refractivity contribution in [2.75, 3.05) is 5.32 Å². The molecule has 0 fully saturated rings. The van der Waals surface area contributed by atoms with E-state index in [1.165, 1.54) is 6.20 Å². The number of anilines is 1. The van der Waals surface area contributed by atoms with E-state index in [0.29, 0.717) is 5.69 Å². The van der Waals surface area contributed by atoms with Crippen molar-refractivity contribution in [1.82, 2.24) is 10.3 Å². The third-order valence-corrected chi connectivity index (χ3v) is 3.59. The molecule has 2 aromatic rings. The van der Waals surface area contributed by atoms with E-state index in [1.807, 2.05) is 39.0 Å². The van der Waals surface area contributed by atoms with Gasteiger partial charge in [-0.15, -0.1) is 0 Å². The summed E-state index contributed by atoms with van der Waals surface area (Å²) in [6.45, 7) is 5.88. The number of nitrogens with zero attached hydrogens (tertiary/aromatic N) is 1. The van der Waals surface area contributed by atoms with E-state index >= 15 is 0 Å². The maximum atomic E-state index is 12.0. The SMILES string of the molecule is Cc1cccc(C(C)NC(=O)C(=O)Nc2cccnc2)c1C. The molecule has 5 nitrogen and oxygen atoms in total. The minimum Gasteiger partial charge on any atom is -0.341 e. The molecule has 0 aliphatic rings. The zero-order valence-electron chi connectivity index (χ0n) is 12.9. The number of hydrogen-bond donors (Lipinski definition) is 2. The Bertz CT molecular complexity index is 684. The standard InChI is InChI=1S/C17H19N3O2/c1-11-6-4-8-15(12(11)2)13(3)19-16(21)17(22)20-14-7-5-9-18-10-14/h4-10,13H,1-3H3,(H,19,21)(H,20,22). The number of carbonyl (C=O) groups is 2. The summed E-state index contributed by atoms with van der Waals surface area (Å²) in [5, 5.41) is 5.22. The van der Waals surface area contributed by atoms with Crippen LogP contribution in [0.3, 0.4) is 0 Å². The number of rotatable bonds is 3. The number of aryl methyl sites for hydroxylation is 1. The Labute approximate surface area is 129 Å². The molecule has 0 aliphatic carbocycles. The molecule has 0 saturated carbocycles. The first-order valence-electron chi connectivity index (χ1n) is 7.07. The minimum atomic E-state index is -0.704. The monoisotopic (exact) mass is 297 g/mol. The predicted octanol–water partition coefficient (Wildman–Crippen LogP) is 2.51. The molecular weight excluding hydrogens is 278 g/mol. The lowest BCUT2D eigenvalue weighted by Gasteiger charge is -2.17. The molecule has 1 atom stereocenters. The van der Waals surface area contributed by atoms with E-state index < -0.39 is 11.8 Å². The largest absolute Gasteiger partial charge is 0.341 e. The van der Waals surface area contributed by atoms with Crippen LogP contribution in [0.2, 0.25) is 0 Å². The summed E-state index contributed by atoms with van der Waals surface area (Å²) in [5.41, 5.74) is 3.76. The van der Waals surface area contributed by atoms with Crippen molar-refractivity contribution in [2.24, 2.45) is 0 Å². The molecule has 114 valence electrons. The second kappa shape index (κ2) is 6.85. The molecule has 1 heterocycles. The molecule has 2 amide bonds. The Kier molecular flexibility index (Phi) is 4.88. The summed E-state index contributed by atoms with van der Waals surface area (Å²) < 4.78 is 0. The number of carbonyl (C=O) groups excluding carboxylic acids is 2. The Hall–Kier alpha value is -2.69. The Balaban J connectivity index is 2.02. The molecule has 0 saturated heterocycles. The van der Waals surface area contributed by atoms with Gasteiger partial charge in [-0.25, -0.2) is 0 Å². The molecule has 2 N–H and O–H groups in total. The lowest BCUT2D eigenvalue weighted by atomic mass is 9.98. The summed E-state index contributed by atoms with van der Waals surface area (Å²) in [4.78, 5) is 27.7. The second-order valence-corrected chi connectivity index (χ2v) is 5.18. The summed E-state index contributed by atoms with van der Waals surface area (Å²) >= 11 is 0. The highest BCUT2D eigenvalue weighted by molar-refractivity contribution is 6.39. The number of amides is 2. The van der Waals surface area contributed by atoms with Crippen LogP contribution in [0.25, 0.3) is 0 Å². The summed E-state index contributed by atoms with van der Waals surface area (Å²) in [6.07, 6.45) is 3.08. The summed E-state index contributed by atoms with van der Waals surface area (Å²) in [5.74, 6) is -1.37. The van der Waals surface area contributed by atoms with Gasteiger partial charge in [0.1, 0.15) is 0 Å². The van der Waals surface area contributed by atoms with Crippen molar-refractivity contribution >= 4 is 17.5 Å². The van der Waals surface area contributed by atoms with Gasteiger partial charge in [-0.05, 0) is 49.6 Å². The molecule has 0 bridgehead atoms. The van der Waals surface area contributed by atoms with Gasteiger partial charge >= 0.3 is 11.8 Å². The van der Waals surface area contributed by atoms with E-state index in [2.05, 4.69) is 15.6 Å². The Morgan fingerprint density at radius 2 is 1.86 bits per heavy atom. The fraction of sp³-hybridized carbons (Fsp3) is 0.235. The van der Waals surface area contributed by atoms with Crippen LogP contribution in [0, 0.1) is 13.8 Å². The van der Waals surface area contributed by atoms with E-state index in [0.717, 1.165) is 16.7 Å². The molecule has 0 aliphatic heterocycles. The van der Waals surface area contributed by atoms with Crippen molar-refractivity contribution in [2.45, 2.75) is 26.8 Å². The van der Waals surface area contributed by atoms with E-state index in [-0.39, 0.29) is 6.04 Å². The predicted molar refractivity (Wildman–Crippen MR) is 85.3 cm³/mol. The van der Waals surface area contributed by atoms with Gasteiger partial charge in [0.25, 0.3) is 0 Å². The van der Waals surface area contributed by atoms with Crippen LogP contribution >= 0.6 is 0 Å².